The Balaban J connectivity index is 2.81. The van der Waals surface area contributed by atoms with Crippen LogP contribution in [-0.2, 0) is 7.05 Å². The molecule has 0 atom stereocenters. The zero-order chi connectivity index (χ0) is 14.3. The van der Waals surface area contributed by atoms with Crippen LogP contribution in [0.3, 0.4) is 0 Å². The van der Waals surface area contributed by atoms with Gasteiger partial charge in [-0.15, -0.1) is 0 Å². The van der Waals surface area contributed by atoms with Crippen LogP contribution in [0.4, 0.5) is 0 Å². The molecular weight excluding hydrogens is 314 g/mol. The van der Waals surface area contributed by atoms with E-state index in [4.69, 9.17) is 5.11 Å². The van der Waals surface area contributed by atoms with Gasteiger partial charge in [0.05, 0.1) is 10.2 Å². The first kappa shape index (κ1) is 13.5. The van der Waals surface area contributed by atoms with E-state index in [1.54, 1.807) is 23.2 Å². The highest BCUT2D eigenvalue weighted by Crippen LogP contribution is 2.18. The molecule has 0 aliphatic carbocycles. The number of halogens is 1. The van der Waals surface area contributed by atoms with E-state index < -0.39 is 11.4 Å². The van der Waals surface area contributed by atoms with Crippen molar-refractivity contribution in [3.63, 3.8) is 0 Å². The summed E-state index contributed by atoms with van der Waals surface area (Å²) in [4.78, 5) is 22.9. The van der Waals surface area contributed by atoms with Crippen molar-refractivity contribution in [2.75, 3.05) is 0 Å². The maximum Gasteiger partial charge on any atom is 0.341 e. The van der Waals surface area contributed by atoms with Crippen molar-refractivity contribution < 1.29 is 9.90 Å². The van der Waals surface area contributed by atoms with E-state index in [-0.39, 0.29) is 10.0 Å². The van der Waals surface area contributed by atoms with E-state index in [2.05, 4.69) is 21.0 Å². The first-order chi connectivity index (χ1) is 8.82. The monoisotopic (exact) mass is 325 g/mol. The lowest BCUT2D eigenvalue weighted by atomic mass is 10.2. The highest BCUT2D eigenvalue weighted by molar-refractivity contribution is 9.10. The second-order valence-corrected chi connectivity index (χ2v) is 5.01. The van der Waals surface area contributed by atoms with Gasteiger partial charge in [0.2, 0.25) is 5.43 Å². The molecule has 2 rings (SSSR count). The molecule has 0 amide bonds. The Hall–Kier alpha value is -1.89. The molecule has 0 radical (unpaired) electrons. The van der Waals surface area contributed by atoms with Gasteiger partial charge in [-0.05, 0) is 29.8 Å². The lowest BCUT2D eigenvalue weighted by Gasteiger charge is -2.13. The first-order valence-corrected chi connectivity index (χ1v) is 6.28. The molecule has 0 aliphatic rings. The zero-order valence-corrected chi connectivity index (χ0v) is 12.2. The van der Waals surface area contributed by atoms with Gasteiger partial charge in [0.25, 0.3) is 0 Å². The van der Waals surface area contributed by atoms with Crippen LogP contribution in [0.1, 0.15) is 21.7 Å². The summed E-state index contributed by atoms with van der Waals surface area (Å²) in [5.74, 6) is -0.559. The van der Waals surface area contributed by atoms with Crippen molar-refractivity contribution in [1.29, 1.82) is 0 Å². The standard InChI is InChI=1S/C12H12BrN3O3/c1-6-4-9(15(3)14-6)16-5-8(12(18)19)11(17)10(13)7(16)2/h4-5H,1-3H3,(H,18,19). The molecule has 0 saturated heterocycles. The molecule has 0 saturated carbocycles. The molecule has 2 aromatic heterocycles. The van der Waals surface area contributed by atoms with E-state index in [1.165, 1.54) is 6.20 Å². The third-order valence-electron chi connectivity index (χ3n) is 2.84. The van der Waals surface area contributed by atoms with Crippen LogP contribution in [0, 0.1) is 13.8 Å². The SMILES string of the molecule is Cc1cc(-n2cc(C(=O)O)c(=O)c(Br)c2C)n(C)n1. The van der Waals surface area contributed by atoms with Gasteiger partial charge in [0.15, 0.2) is 0 Å². The Morgan fingerprint density at radius 2 is 2.05 bits per heavy atom. The van der Waals surface area contributed by atoms with E-state index in [9.17, 15) is 9.59 Å². The fraction of sp³-hybridized carbons (Fsp3) is 0.250. The van der Waals surface area contributed by atoms with Crippen LogP contribution in [0.25, 0.3) is 5.82 Å². The van der Waals surface area contributed by atoms with E-state index in [1.807, 2.05) is 13.0 Å². The van der Waals surface area contributed by atoms with E-state index >= 15 is 0 Å². The quantitative estimate of drug-likeness (QED) is 0.910. The summed E-state index contributed by atoms with van der Waals surface area (Å²) in [7, 11) is 1.76. The minimum absolute atomic E-state index is 0.242. The second-order valence-electron chi connectivity index (χ2n) is 4.21. The predicted octanol–water partition coefficient (Wildman–Crippen LogP) is 1.65. The van der Waals surface area contributed by atoms with Gasteiger partial charge in [-0.25, -0.2) is 4.79 Å². The van der Waals surface area contributed by atoms with Gasteiger partial charge in [-0.3, -0.25) is 9.48 Å². The molecule has 6 nitrogen and oxygen atoms in total. The molecule has 100 valence electrons. The molecule has 0 fully saturated rings. The van der Waals surface area contributed by atoms with Crippen LogP contribution in [0.2, 0.25) is 0 Å². The summed E-state index contributed by atoms with van der Waals surface area (Å²) in [6, 6.07) is 1.82. The molecule has 0 spiro atoms. The highest BCUT2D eigenvalue weighted by atomic mass is 79.9. The van der Waals surface area contributed by atoms with Crippen molar-refractivity contribution in [3.05, 3.63) is 43.9 Å². The van der Waals surface area contributed by atoms with Crippen molar-refractivity contribution in [3.8, 4) is 5.82 Å². The third-order valence-corrected chi connectivity index (χ3v) is 3.77. The number of carboxylic acids is 1. The fourth-order valence-electron chi connectivity index (χ4n) is 1.89. The molecular formula is C12H12BrN3O3. The number of nitrogens with zero attached hydrogens (tertiary/aromatic N) is 3. The molecule has 1 N–H and O–H groups in total. The average molecular weight is 326 g/mol. The number of hydrogen-bond acceptors (Lipinski definition) is 3. The molecule has 0 aliphatic heterocycles. The third kappa shape index (κ3) is 2.21. The number of hydrogen-bond donors (Lipinski definition) is 1. The molecule has 2 aromatic rings. The predicted molar refractivity (Wildman–Crippen MR) is 72.9 cm³/mol. The van der Waals surface area contributed by atoms with Crippen molar-refractivity contribution in [1.82, 2.24) is 14.3 Å². The minimum Gasteiger partial charge on any atom is -0.477 e. The Morgan fingerprint density at radius 1 is 1.42 bits per heavy atom. The summed E-state index contributed by atoms with van der Waals surface area (Å²) in [5, 5.41) is 13.3. The summed E-state index contributed by atoms with van der Waals surface area (Å²) < 4.78 is 3.51. The molecule has 0 bridgehead atoms. The van der Waals surface area contributed by atoms with Crippen molar-refractivity contribution >= 4 is 21.9 Å². The van der Waals surface area contributed by atoms with Crippen LogP contribution >= 0.6 is 15.9 Å². The Bertz CT molecular complexity index is 731. The normalized spacial score (nSPS) is 10.7. The number of aromatic carboxylic acids is 1. The van der Waals surface area contributed by atoms with Gasteiger partial charge in [0.1, 0.15) is 11.4 Å². The summed E-state index contributed by atoms with van der Waals surface area (Å²) in [5.41, 5.74) is 0.623. The summed E-state index contributed by atoms with van der Waals surface area (Å²) in [6.45, 7) is 3.58. The zero-order valence-electron chi connectivity index (χ0n) is 10.6. The summed E-state index contributed by atoms with van der Waals surface area (Å²) in [6.07, 6.45) is 1.32. The number of pyridine rings is 1. The first-order valence-electron chi connectivity index (χ1n) is 5.49. The number of rotatable bonds is 2. The largest absolute Gasteiger partial charge is 0.477 e. The average Bonchev–Trinajstić information content (AvgIpc) is 2.65. The Morgan fingerprint density at radius 3 is 2.53 bits per heavy atom. The fourth-order valence-corrected chi connectivity index (χ4v) is 2.29. The lowest BCUT2D eigenvalue weighted by Crippen LogP contribution is -2.21. The minimum atomic E-state index is -1.25. The van der Waals surface area contributed by atoms with Crippen LogP contribution in [-0.4, -0.2) is 25.4 Å². The van der Waals surface area contributed by atoms with Gasteiger partial charge in [-0.2, -0.15) is 5.10 Å². The number of aromatic nitrogens is 3. The lowest BCUT2D eigenvalue weighted by molar-refractivity contribution is 0.0694. The molecule has 7 heteroatoms. The second kappa shape index (κ2) is 4.65. The summed E-state index contributed by atoms with van der Waals surface area (Å²) >= 11 is 3.15. The van der Waals surface area contributed by atoms with Gasteiger partial charge in [-0.1, -0.05) is 0 Å². The van der Waals surface area contributed by atoms with E-state index in [0.29, 0.717) is 11.5 Å². The highest BCUT2D eigenvalue weighted by Gasteiger charge is 2.17. The van der Waals surface area contributed by atoms with E-state index in [0.717, 1.165) is 5.69 Å². The molecule has 2 heterocycles. The van der Waals surface area contributed by atoms with Crippen LogP contribution in [0.15, 0.2) is 21.5 Å². The Kier molecular flexibility index (Phi) is 3.32. The Labute approximate surface area is 117 Å². The maximum atomic E-state index is 11.8. The molecule has 0 unspecified atom stereocenters. The van der Waals surface area contributed by atoms with Crippen molar-refractivity contribution in [2.24, 2.45) is 7.05 Å². The topological polar surface area (TPSA) is 77.1 Å². The molecule has 19 heavy (non-hydrogen) atoms. The van der Waals surface area contributed by atoms with Gasteiger partial charge in [0, 0.05) is 25.0 Å². The number of aryl methyl sites for hydroxylation is 2. The van der Waals surface area contributed by atoms with Gasteiger partial charge < -0.3 is 9.67 Å². The smallest absolute Gasteiger partial charge is 0.341 e. The number of carbonyl (C=O) groups is 1. The van der Waals surface area contributed by atoms with Crippen molar-refractivity contribution in [2.45, 2.75) is 13.8 Å². The van der Waals surface area contributed by atoms with Crippen LogP contribution in [0.5, 0.6) is 0 Å². The van der Waals surface area contributed by atoms with Crippen LogP contribution < -0.4 is 5.43 Å². The maximum absolute atomic E-state index is 11.8. The van der Waals surface area contributed by atoms with Gasteiger partial charge >= 0.3 is 5.97 Å². The molecule has 0 aromatic carbocycles. The number of carboxylic acid groups (broad SMARTS) is 1.